The Balaban J connectivity index is 4.07. The topological polar surface area (TPSA) is 111 Å². The van der Waals surface area contributed by atoms with Crippen LogP contribution in [0.2, 0.25) is 0 Å². The fourth-order valence-corrected chi connectivity index (χ4v) is 9.92. The van der Waals surface area contributed by atoms with E-state index in [2.05, 4.69) is 148 Å². The molecule has 0 bridgehead atoms. The molecule has 0 fully saturated rings. The molecular formula is C80H135NO8. The Morgan fingerprint density at radius 1 is 0.337 bits per heavy atom. The van der Waals surface area contributed by atoms with Crippen LogP contribution in [0.15, 0.2) is 134 Å². The number of quaternary nitrogens is 1. The number of carbonyl (C=O) groups excluding carboxylic acids is 3. The first-order chi connectivity index (χ1) is 43.6. The first-order valence-corrected chi connectivity index (χ1v) is 36.3. The summed E-state index contributed by atoms with van der Waals surface area (Å²) in [5.41, 5.74) is 0. The molecular weight excluding hydrogens is 1100 g/mol. The molecule has 9 nitrogen and oxygen atoms in total. The van der Waals surface area contributed by atoms with Gasteiger partial charge in [-0.15, -0.1) is 0 Å². The number of carbonyl (C=O) groups is 3. The SMILES string of the molecule is CC/C=C\C/C=C\C/C=C\C/C=C\C/C=C\C/C=C\C/C=C\CCCCCC(=O)OC(COC(=O)CCCCCCCCCCCCCCCCCCCCCCCCCCCC/C=C\C/C=C\C/C=C\C/C=C\CC)COC(OCC[N+](C)(C)C)C(=O)[O-]. The van der Waals surface area contributed by atoms with E-state index in [-0.39, 0.29) is 38.6 Å². The summed E-state index contributed by atoms with van der Waals surface area (Å²) in [6, 6.07) is 0. The summed E-state index contributed by atoms with van der Waals surface area (Å²) < 4.78 is 22.8. The van der Waals surface area contributed by atoms with Gasteiger partial charge in [-0.05, 0) is 109 Å². The first-order valence-electron chi connectivity index (χ1n) is 36.3. The summed E-state index contributed by atoms with van der Waals surface area (Å²) in [5.74, 6) is -2.33. The number of hydrogen-bond donors (Lipinski definition) is 0. The van der Waals surface area contributed by atoms with Gasteiger partial charge in [-0.3, -0.25) is 9.59 Å². The molecule has 0 aromatic rings. The van der Waals surface area contributed by atoms with Crippen LogP contribution in [0.25, 0.3) is 0 Å². The summed E-state index contributed by atoms with van der Waals surface area (Å²) >= 11 is 0. The number of aliphatic carboxylic acids is 1. The van der Waals surface area contributed by atoms with Gasteiger partial charge in [0.05, 0.1) is 40.3 Å². The van der Waals surface area contributed by atoms with E-state index in [0.29, 0.717) is 17.4 Å². The number of ether oxygens (including phenoxy) is 4. The number of likely N-dealkylation sites (N-methyl/N-ethyl adjacent to an activating group) is 1. The van der Waals surface area contributed by atoms with Gasteiger partial charge in [-0.25, -0.2) is 0 Å². The molecule has 89 heavy (non-hydrogen) atoms. The summed E-state index contributed by atoms with van der Waals surface area (Å²) in [6.07, 6.45) is 97.0. The fraction of sp³-hybridized carbons (Fsp3) is 0.688. The van der Waals surface area contributed by atoms with Crippen molar-refractivity contribution in [3.8, 4) is 0 Å². The number of nitrogens with zero attached hydrogens (tertiary/aromatic N) is 1. The van der Waals surface area contributed by atoms with E-state index in [9.17, 15) is 19.5 Å². The zero-order valence-electron chi connectivity index (χ0n) is 58.0. The van der Waals surface area contributed by atoms with Gasteiger partial charge in [0.15, 0.2) is 12.4 Å². The average molecular weight is 1240 g/mol. The van der Waals surface area contributed by atoms with E-state index in [0.717, 1.165) is 109 Å². The zero-order valence-corrected chi connectivity index (χ0v) is 58.0. The Bertz CT molecular complexity index is 1930. The third kappa shape index (κ3) is 70.7. The maximum atomic E-state index is 12.9. The van der Waals surface area contributed by atoms with Crippen molar-refractivity contribution in [1.82, 2.24) is 0 Å². The lowest BCUT2D eigenvalue weighted by atomic mass is 10.0. The van der Waals surface area contributed by atoms with Crippen molar-refractivity contribution in [1.29, 1.82) is 0 Å². The lowest BCUT2D eigenvalue weighted by molar-refractivity contribution is -0.870. The highest BCUT2D eigenvalue weighted by Gasteiger charge is 2.22. The molecule has 0 saturated carbocycles. The van der Waals surface area contributed by atoms with Crippen LogP contribution >= 0.6 is 0 Å². The van der Waals surface area contributed by atoms with Crippen molar-refractivity contribution in [2.75, 3.05) is 47.5 Å². The Kier molecular flexibility index (Phi) is 65.8. The Hall–Kier alpha value is -4.57. The second-order valence-corrected chi connectivity index (χ2v) is 25.1. The number of hydrogen-bond acceptors (Lipinski definition) is 8. The van der Waals surface area contributed by atoms with Crippen LogP contribution in [-0.2, 0) is 33.3 Å². The van der Waals surface area contributed by atoms with E-state index in [1.807, 2.05) is 21.1 Å². The number of carboxylic acid groups (broad SMARTS) is 1. The third-order valence-corrected chi connectivity index (χ3v) is 15.4. The van der Waals surface area contributed by atoms with E-state index < -0.39 is 24.3 Å². The van der Waals surface area contributed by atoms with Crippen LogP contribution in [0.5, 0.6) is 0 Å². The lowest BCUT2D eigenvalue weighted by Gasteiger charge is -2.26. The normalized spacial score (nSPS) is 13.5. The minimum absolute atomic E-state index is 0.136. The minimum Gasteiger partial charge on any atom is -0.545 e. The van der Waals surface area contributed by atoms with E-state index >= 15 is 0 Å². The monoisotopic (exact) mass is 1240 g/mol. The van der Waals surface area contributed by atoms with Crippen LogP contribution < -0.4 is 5.11 Å². The van der Waals surface area contributed by atoms with Crippen molar-refractivity contribution in [3.63, 3.8) is 0 Å². The Morgan fingerprint density at radius 3 is 0.910 bits per heavy atom. The van der Waals surface area contributed by atoms with Crippen molar-refractivity contribution >= 4 is 17.9 Å². The summed E-state index contributed by atoms with van der Waals surface area (Å²) in [6.45, 7) is 4.49. The molecule has 0 aliphatic heterocycles. The zero-order chi connectivity index (χ0) is 64.7. The van der Waals surface area contributed by atoms with E-state index in [4.69, 9.17) is 18.9 Å². The molecule has 2 atom stereocenters. The molecule has 0 aliphatic carbocycles. The Morgan fingerprint density at radius 2 is 0.607 bits per heavy atom. The molecule has 0 aliphatic rings. The van der Waals surface area contributed by atoms with Crippen molar-refractivity contribution < 1.29 is 42.9 Å². The average Bonchev–Trinajstić information content (AvgIpc) is 3.64. The highest BCUT2D eigenvalue weighted by molar-refractivity contribution is 5.70. The molecule has 0 aromatic carbocycles. The van der Waals surface area contributed by atoms with Gasteiger partial charge in [0.2, 0.25) is 0 Å². The second kappa shape index (κ2) is 69.3. The molecule has 0 amide bonds. The molecule has 9 heteroatoms. The van der Waals surface area contributed by atoms with Gasteiger partial charge < -0.3 is 33.3 Å². The molecule has 0 N–H and O–H groups in total. The first kappa shape index (κ1) is 84.4. The van der Waals surface area contributed by atoms with Crippen LogP contribution in [0.1, 0.15) is 296 Å². The van der Waals surface area contributed by atoms with Crippen LogP contribution in [-0.4, -0.2) is 82.3 Å². The molecule has 0 heterocycles. The van der Waals surface area contributed by atoms with Crippen LogP contribution in [0, 0.1) is 0 Å². The highest BCUT2D eigenvalue weighted by atomic mass is 16.7. The van der Waals surface area contributed by atoms with Crippen molar-refractivity contribution in [3.05, 3.63) is 134 Å². The summed E-state index contributed by atoms with van der Waals surface area (Å²) in [7, 11) is 5.91. The molecule has 0 saturated heterocycles. The van der Waals surface area contributed by atoms with E-state index in [1.54, 1.807) is 0 Å². The maximum absolute atomic E-state index is 12.9. The van der Waals surface area contributed by atoms with Gasteiger partial charge in [0.25, 0.3) is 0 Å². The lowest BCUT2D eigenvalue weighted by Crippen LogP contribution is -2.44. The maximum Gasteiger partial charge on any atom is 0.306 e. The number of esters is 2. The van der Waals surface area contributed by atoms with Crippen molar-refractivity contribution in [2.45, 2.75) is 309 Å². The third-order valence-electron chi connectivity index (χ3n) is 15.4. The summed E-state index contributed by atoms with van der Waals surface area (Å²) in [5, 5.41) is 11.8. The number of carboxylic acids is 1. The number of unbranched alkanes of at least 4 members (excludes halogenated alkanes) is 29. The molecule has 0 aromatic heterocycles. The highest BCUT2D eigenvalue weighted by Crippen LogP contribution is 2.18. The predicted molar refractivity (Wildman–Crippen MR) is 379 cm³/mol. The van der Waals surface area contributed by atoms with Crippen LogP contribution in [0.4, 0.5) is 0 Å². The molecule has 0 spiro atoms. The molecule has 0 rings (SSSR count). The number of rotatable bonds is 66. The Labute approximate surface area is 548 Å². The smallest absolute Gasteiger partial charge is 0.306 e. The predicted octanol–water partition coefficient (Wildman–Crippen LogP) is 21.6. The van der Waals surface area contributed by atoms with Gasteiger partial charge in [-0.1, -0.05) is 308 Å². The van der Waals surface area contributed by atoms with Gasteiger partial charge >= 0.3 is 11.9 Å². The van der Waals surface area contributed by atoms with Gasteiger partial charge in [0.1, 0.15) is 13.2 Å². The van der Waals surface area contributed by atoms with Crippen molar-refractivity contribution in [2.24, 2.45) is 0 Å². The second-order valence-electron chi connectivity index (χ2n) is 25.1. The largest absolute Gasteiger partial charge is 0.545 e. The van der Waals surface area contributed by atoms with Gasteiger partial charge in [0, 0.05) is 12.8 Å². The molecule has 508 valence electrons. The fourth-order valence-electron chi connectivity index (χ4n) is 9.92. The van der Waals surface area contributed by atoms with E-state index in [1.165, 1.54) is 154 Å². The number of allylic oxidation sites excluding steroid dienone is 22. The summed E-state index contributed by atoms with van der Waals surface area (Å²) in [4.78, 5) is 37.5. The van der Waals surface area contributed by atoms with Gasteiger partial charge in [-0.2, -0.15) is 0 Å². The standard InChI is InChI=1S/C80H135NO8/c1-6-8-10-12-14-16-18-20-22-24-26-28-30-32-33-34-35-36-37-38-39-40-41-42-43-44-45-47-48-50-52-54-56-58-60-62-64-66-68-70-77(82)87-74-76(75-88-80(79(84)85)86-73-72-81(3,4)5)89-78(83)71-69-67-65-63-61-59-57-55-53-51-49-46-31-29-27-25-23-21-19-17-15-13-11-9-7-2/h8-11,14-17,20-23,26-29,46,49,53,55,59,61,76,80H,6-7,12-13,18-19,24-25,30-45,47-48,50-52,54,56-58,60,62-75H2,1-5H3/b10-8-,11-9-,16-14-,17-15-,22-20-,23-21-,28-26-,29-27-,49-46-,55-53-,61-59-. The molecule has 2 unspecified atom stereocenters. The molecule has 0 radical (unpaired) electrons. The minimum atomic E-state index is -1.64. The quantitative estimate of drug-likeness (QED) is 0.0195. The van der Waals surface area contributed by atoms with Crippen LogP contribution in [0.3, 0.4) is 0 Å².